The van der Waals surface area contributed by atoms with Crippen molar-refractivity contribution in [3.05, 3.63) is 158 Å². The largest absolute Gasteiger partial charge is 0.494 e. The third kappa shape index (κ3) is 15.2. The third-order valence-corrected chi connectivity index (χ3v) is 19.4. The first kappa shape index (κ1) is 63.3. The van der Waals surface area contributed by atoms with Gasteiger partial charge in [-0.3, -0.25) is 29.5 Å². The second-order valence-corrected chi connectivity index (χ2v) is 26.9. The molecule has 2 aliphatic rings. The van der Waals surface area contributed by atoms with Gasteiger partial charge in [-0.2, -0.15) is 0 Å². The number of aryl methyl sites for hydroxylation is 3. The lowest BCUT2D eigenvalue weighted by molar-refractivity contribution is -0.144. The molecule has 0 radical (unpaired) electrons. The quantitative estimate of drug-likeness (QED) is 0.0355. The van der Waals surface area contributed by atoms with Crippen LogP contribution in [0.2, 0.25) is 5.02 Å². The number of thiazole rings is 3. The number of hydrogen-bond acceptors (Lipinski definition) is 15. The molecule has 8 aromatic rings. The van der Waals surface area contributed by atoms with E-state index in [0.717, 1.165) is 74.3 Å². The number of β-amino-alcohol motifs (C(OH)–C–C–N with tert-alkyl or cyclic N) is 1. The summed E-state index contributed by atoms with van der Waals surface area (Å²) < 4.78 is 22.6. The minimum absolute atomic E-state index is 0.00804. The van der Waals surface area contributed by atoms with Crippen molar-refractivity contribution in [2.24, 2.45) is 5.41 Å². The first-order chi connectivity index (χ1) is 42.3. The Morgan fingerprint density at radius 3 is 2.41 bits per heavy atom. The van der Waals surface area contributed by atoms with E-state index >= 15 is 4.39 Å². The number of anilines is 2. The highest BCUT2D eigenvalue weighted by atomic mass is 35.5. The van der Waals surface area contributed by atoms with Crippen molar-refractivity contribution in [2.45, 2.75) is 136 Å². The van der Waals surface area contributed by atoms with Crippen molar-refractivity contribution in [3.63, 3.8) is 0 Å². The zero-order valence-electron chi connectivity index (χ0n) is 49.7. The van der Waals surface area contributed by atoms with Crippen molar-refractivity contribution >= 4 is 95.7 Å². The zero-order chi connectivity index (χ0) is 62.2. The molecule has 10 rings (SSSR count). The van der Waals surface area contributed by atoms with Crippen LogP contribution in [-0.2, 0) is 40.2 Å². The molecule has 4 aromatic heterocycles. The fraction of sp³-hybridized carbons (Fsp3) is 0.379. The van der Waals surface area contributed by atoms with Crippen molar-refractivity contribution in [1.82, 2.24) is 35.5 Å². The number of rotatable bonds is 24. The maximum Gasteiger partial charge on any atom is 0.355 e. The number of aromatic nitrogens is 4. The van der Waals surface area contributed by atoms with Gasteiger partial charge in [0.15, 0.2) is 16.0 Å². The number of carbonyl (C=O) groups is 5. The Hall–Kier alpha value is -7.69. The highest BCUT2D eigenvalue weighted by Crippen LogP contribution is 2.36. The number of aromatic carboxylic acids is 1. The fourth-order valence-corrected chi connectivity index (χ4v) is 14.3. The lowest BCUT2D eigenvalue weighted by Crippen LogP contribution is -2.57. The van der Waals surface area contributed by atoms with Crippen LogP contribution in [0.5, 0.6) is 5.75 Å². The molecule has 17 nitrogen and oxygen atoms in total. The van der Waals surface area contributed by atoms with Crippen molar-refractivity contribution in [2.75, 3.05) is 29.9 Å². The molecule has 0 saturated carbocycles. The van der Waals surface area contributed by atoms with Gasteiger partial charge < -0.3 is 35.4 Å². The van der Waals surface area contributed by atoms with E-state index in [2.05, 4.69) is 35.9 Å². The molecule has 6 heterocycles. The van der Waals surface area contributed by atoms with Crippen molar-refractivity contribution in [3.8, 4) is 27.4 Å². The number of benzene rings is 4. The smallest absolute Gasteiger partial charge is 0.355 e. The number of hydrogen-bond donors (Lipinski definition) is 5. The third-order valence-electron chi connectivity index (χ3n) is 16.0. The second kappa shape index (κ2) is 28.2. The summed E-state index contributed by atoms with van der Waals surface area (Å²) in [4.78, 5) is 90.3. The number of carboxylic acid groups (broad SMARTS) is 1. The number of amides is 4. The number of nitrogens with zero attached hydrogens (tertiary/aromatic N) is 6. The monoisotopic (exact) mass is 1270 g/mol. The van der Waals surface area contributed by atoms with Crippen LogP contribution in [0.1, 0.15) is 139 Å². The number of aliphatic hydroxyl groups excluding tert-OH is 1. The molecule has 5 N–H and O–H groups in total. The summed E-state index contributed by atoms with van der Waals surface area (Å²) in [6.45, 7) is 10.7. The molecular formula is C66H71ClFN9O8S3. The molecule has 1 fully saturated rings. The number of pyridine rings is 1. The molecule has 2 aliphatic heterocycles. The van der Waals surface area contributed by atoms with E-state index in [1.165, 1.54) is 33.6 Å². The van der Waals surface area contributed by atoms with E-state index in [0.29, 0.717) is 77.2 Å². The minimum Gasteiger partial charge on any atom is -0.494 e. The minimum atomic E-state index is -1.12. The lowest BCUT2D eigenvalue weighted by atomic mass is 9.85. The Bertz CT molecular complexity index is 3810. The van der Waals surface area contributed by atoms with Crippen LogP contribution in [-0.4, -0.2) is 103 Å². The predicted octanol–water partition coefficient (Wildman–Crippen LogP) is 12.8. The first-order valence-electron chi connectivity index (χ1n) is 29.7. The van der Waals surface area contributed by atoms with Gasteiger partial charge in [0, 0.05) is 54.7 Å². The molecule has 0 bridgehead atoms. The summed E-state index contributed by atoms with van der Waals surface area (Å²) in [7, 11) is 0. The summed E-state index contributed by atoms with van der Waals surface area (Å²) in [6, 6.07) is 25.6. The van der Waals surface area contributed by atoms with Gasteiger partial charge in [0.05, 0.1) is 50.1 Å². The van der Waals surface area contributed by atoms with Crippen LogP contribution >= 0.6 is 45.6 Å². The standard InChI is InChI=1S/C66H71ClFN9O8S3/c1-38(41-22-24-43(25-23-41)58-39(2)70-37-86-58)71-61(81)52-32-44(78)35-77(52)62(82)59(66(3,4)5)73-55(79)21-10-8-6-7-9-15-40-31-50(68)56(69-34-40)47-27-26-45(33-49(47)67)85-30-14-20-54-57(63(83)84)74-65(88-54)76-29-28-42-16-13-17-46(48(42)36-76)60(80)75-64-72-51-18-11-12-19-53(51)87-64/h11-13,16-19,22-27,31,33-34,37-38,44,52,59,78H,6-10,14-15,20-21,28-30,32,35-36H2,1-5H3,(H,71,81)(H,73,79)(H,83,84)(H,72,75,80)/t38-,44+,52-,59+/m0/s1. The summed E-state index contributed by atoms with van der Waals surface area (Å²) in [5.74, 6) is -2.44. The number of aliphatic hydroxyl groups is 1. The summed E-state index contributed by atoms with van der Waals surface area (Å²) in [5, 5.41) is 31.2. The summed E-state index contributed by atoms with van der Waals surface area (Å²) in [5.41, 5.74) is 8.58. The number of halogens is 2. The van der Waals surface area contributed by atoms with E-state index in [1.807, 2.05) is 106 Å². The molecule has 4 atom stereocenters. The molecule has 22 heteroatoms. The molecule has 460 valence electrons. The lowest BCUT2D eigenvalue weighted by Gasteiger charge is -2.35. The number of likely N-dealkylation sites (tertiary alicyclic amines) is 1. The average Bonchev–Trinajstić information content (AvgIpc) is 1.88. The Morgan fingerprint density at radius 1 is 0.886 bits per heavy atom. The van der Waals surface area contributed by atoms with Gasteiger partial charge in [0.25, 0.3) is 5.91 Å². The molecule has 0 unspecified atom stereocenters. The number of unbranched alkanes of at least 4 members (excludes halogenated alkanes) is 4. The Labute approximate surface area is 527 Å². The van der Waals surface area contributed by atoms with Crippen LogP contribution in [0.15, 0.2) is 103 Å². The Morgan fingerprint density at radius 2 is 1.67 bits per heavy atom. The number of carbonyl (C=O) groups excluding carboxylic acids is 4. The molecule has 88 heavy (non-hydrogen) atoms. The van der Waals surface area contributed by atoms with Gasteiger partial charge in [0.1, 0.15) is 29.3 Å². The predicted molar refractivity (Wildman–Crippen MR) is 344 cm³/mol. The topological polar surface area (TPSA) is 229 Å². The highest BCUT2D eigenvalue weighted by molar-refractivity contribution is 7.22. The number of para-hydroxylation sites is 1. The summed E-state index contributed by atoms with van der Waals surface area (Å²) >= 11 is 11.0. The fourth-order valence-electron chi connectivity index (χ4n) is 11.3. The van der Waals surface area contributed by atoms with Gasteiger partial charge in [-0.25, -0.2) is 24.1 Å². The zero-order valence-corrected chi connectivity index (χ0v) is 52.9. The van der Waals surface area contributed by atoms with Crippen LogP contribution in [0.4, 0.5) is 14.7 Å². The number of carboxylic acids is 1. The maximum atomic E-state index is 15.6. The van der Waals surface area contributed by atoms with Crippen LogP contribution in [0.25, 0.3) is 31.9 Å². The normalized spacial score (nSPS) is 15.6. The number of nitrogens with one attached hydrogen (secondary N) is 3. The highest BCUT2D eigenvalue weighted by Gasteiger charge is 2.45. The van der Waals surface area contributed by atoms with Crippen molar-refractivity contribution in [1.29, 1.82) is 0 Å². The molecule has 4 amide bonds. The van der Waals surface area contributed by atoms with Crippen LogP contribution < -0.4 is 25.6 Å². The van der Waals surface area contributed by atoms with Crippen LogP contribution in [0.3, 0.4) is 0 Å². The van der Waals surface area contributed by atoms with E-state index < -0.39 is 41.3 Å². The van der Waals surface area contributed by atoms with Crippen molar-refractivity contribution < 1.29 is 43.3 Å². The van der Waals surface area contributed by atoms with E-state index in [-0.39, 0.29) is 66.2 Å². The molecule has 1 saturated heterocycles. The van der Waals surface area contributed by atoms with Gasteiger partial charge >= 0.3 is 5.97 Å². The average molecular weight is 1270 g/mol. The number of fused-ring (bicyclic) bond motifs is 2. The second-order valence-electron chi connectivity index (χ2n) is 23.5. The van der Waals surface area contributed by atoms with Gasteiger partial charge in [-0.15, -0.1) is 22.7 Å². The van der Waals surface area contributed by atoms with E-state index in [4.69, 9.17) is 16.3 Å². The molecule has 0 spiro atoms. The molecular weight excluding hydrogens is 1200 g/mol. The van der Waals surface area contributed by atoms with Gasteiger partial charge in [0.2, 0.25) is 17.7 Å². The Balaban J connectivity index is 0.640. The Kier molecular flexibility index (Phi) is 20.3. The first-order valence-corrected chi connectivity index (χ1v) is 32.6. The molecule has 0 aliphatic carbocycles. The van der Waals surface area contributed by atoms with Gasteiger partial charge in [-0.1, -0.05) is 112 Å². The SMILES string of the molecule is Cc1ncsc1-c1ccc([C@H](C)NC(=O)[C@@H]2C[C@@H](O)CN2C(=O)[C@@H](NC(=O)CCCCCCCc2cnc(-c3ccc(OCCCc4sc(N5CCc6cccc(C(=O)Nc7nc8ccccc8s7)c6C5)nc4C(=O)O)cc3Cl)c(F)c2)C(C)(C)C)cc1. The maximum absolute atomic E-state index is 15.6. The van der Waals surface area contributed by atoms with E-state index in [1.54, 1.807) is 41.8 Å². The summed E-state index contributed by atoms with van der Waals surface area (Å²) in [6.07, 6.45) is 7.15. The van der Waals surface area contributed by atoms with Crippen LogP contribution in [0, 0.1) is 18.2 Å². The van der Waals surface area contributed by atoms with Gasteiger partial charge in [-0.05, 0) is 128 Å². The number of ether oxygens (including phenoxy) is 1. The molecule has 4 aromatic carbocycles. The van der Waals surface area contributed by atoms with E-state index in [9.17, 15) is 34.2 Å².